The van der Waals surface area contributed by atoms with Gasteiger partial charge in [0.05, 0.1) is 16.6 Å². The summed E-state index contributed by atoms with van der Waals surface area (Å²) in [6, 6.07) is 41.0. The first kappa shape index (κ1) is 43.8. The molecule has 0 bridgehead atoms. The van der Waals surface area contributed by atoms with E-state index in [1.807, 2.05) is 24.4 Å². The number of hydrogen-bond acceptors (Lipinski definition) is 3. The monoisotopic (exact) mass is 983 g/mol. The average Bonchev–Trinajstić information content (AvgIpc) is 3.55. The van der Waals surface area contributed by atoms with Crippen molar-refractivity contribution >= 4 is 21.9 Å². The molecular weight excluding hydrogens is 926 g/mol. The van der Waals surface area contributed by atoms with Crippen molar-refractivity contribution in [3.63, 3.8) is 0 Å². The van der Waals surface area contributed by atoms with Crippen LogP contribution in [0, 0.1) is 33.8 Å². The fraction of sp³-hybridized carbons (Fsp3) is 0.286. The predicted molar refractivity (Wildman–Crippen MR) is 254 cm³/mol. The van der Waals surface area contributed by atoms with Gasteiger partial charge in [-0.1, -0.05) is 141 Å². The van der Waals surface area contributed by atoms with E-state index >= 15 is 0 Å². The van der Waals surface area contributed by atoms with Crippen LogP contribution >= 0.6 is 0 Å². The Morgan fingerprint density at radius 3 is 1.84 bits per heavy atom. The molecule has 314 valence electrons. The van der Waals surface area contributed by atoms with Gasteiger partial charge in [0.1, 0.15) is 11.6 Å². The van der Waals surface area contributed by atoms with Crippen molar-refractivity contribution in [2.45, 2.75) is 106 Å². The van der Waals surface area contributed by atoms with Crippen LogP contribution in [0.15, 0.2) is 109 Å². The summed E-state index contributed by atoms with van der Waals surface area (Å²) in [6.45, 7) is 28.9. The molecule has 2 heterocycles. The number of aryl methyl sites for hydroxylation is 4. The smallest absolute Gasteiger partial charge is 0.148 e. The van der Waals surface area contributed by atoms with Crippen molar-refractivity contribution in [2.24, 2.45) is 0 Å². The van der Waals surface area contributed by atoms with E-state index < -0.39 is 0 Å². The Kier molecular flexibility index (Phi) is 11.4. The molecule has 0 amide bonds. The van der Waals surface area contributed by atoms with Gasteiger partial charge in [-0.3, -0.25) is 9.55 Å². The van der Waals surface area contributed by atoms with Gasteiger partial charge in [0.15, 0.2) is 0 Å². The minimum Gasteiger partial charge on any atom is -0.507 e. The number of aromatic nitrogens is 3. The zero-order chi connectivity index (χ0) is 43.1. The second-order valence-electron chi connectivity index (χ2n) is 20.0. The van der Waals surface area contributed by atoms with Crippen LogP contribution in [-0.2, 0) is 37.3 Å². The maximum Gasteiger partial charge on any atom is 0.148 e. The number of imidazole rings is 1. The Labute approximate surface area is 377 Å². The van der Waals surface area contributed by atoms with E-state index in [0.717, 1.165) is 66.6 Å². The zero-order valence-electron chi connectivity index (χ0n) is 38.0. The molecule has 0 unspecified atom stereocenters. The molecule has 0 aliphatic carbocycles. The van der Waals surface area contributed by atoms with Crippen molar-refractivity contribution in [2.75, 3.05) is 0 Å². The van der Waals surface area contributed by atoms with E-state index in [1.165, 1.54) is 33.4 Å². The molecule has 8 rings (SSSR count). The quantitative estimate of drug-likeness (QED) is 0.175. The molecular formula is C56H58N3OPt-. The maximum atomic E-state index is 11.7. The van der Waals surface area contributed by atoms with Gasteiger partial charge >= 0.3 is 0 Å². The average molecular weight is 984 g/mol. The van der Waals surface area contributed by atoms with Crippen LogP contribution in [0.2, 0.25) is 0 Å². The first-order valence-electron chi connectivity index (χ1n) is 21.2. The summed E-state index contributed by atoms with van der Waals surface area (Å²) in [5.41, 5.74) is 19.0. The number of aromatic hydroxyl groups is 1. The first-order valence-corrected chi connectivity index (χ1v) is 21.2. The third-order valence-corrected chi connectivity index (χ3v) is 12.1. The first-order chi connectivity index (χ1) is 28.2. The number of rotatable bonds is 5. The van der Waals surface area contributed by atoms with Crippen LogP contribution in [-0.4, -0.2) is 19.6 Å². The van der Waals surface area contributed by atoms with Crippen molar-refractivity contribution in [1.29, 1.82) is 0 Å². The van der Waals surface area contributed by atoms with Gasteiger partial charge in [0, 0.05) is 38.5 Å². The Balaban J connectivity index is 0.00000561. The molecule has 61 heavy (non-hydrogen) atoms. The third kappa shape index (κ3) is 8.25. The van der Waals surface area contributed by atoms with E-state index in [2.05, 4.69) is 186 Å². The summed E-state index contributed by atoms with van der Waals surface area (Å²) in [5, 5.41) is 12.8. The number of fused-ring (bicyclic) bond motifs is 2. The standard InChI is InChI=1S/C56H58N3O.Pt/c1-33-25-35(3)50(36(4)26-33)39-29-45(37-17-16-34(2)44(28-37)46-32-42(56(11,12)13)27-38-15-14-24-57-51(38)46)52-48(30-39)59(43-21-18-40(19-22-43)54(5,6)7)53(58-52)47-31-41(55(8,9)10)20-23-49(47)60;/h14-27,29-32,60H,1-13H3;/q-1;. The van der Waals surface area contributed by atoms with Gasteiger partial charge < -0.3 is 5.11 Å². The molecule has 0 radical (unpaired) electrons. The van der Waals surface area contributed by atoms with E-state index in [4.69, 9.17) is 9.97 Å². The van der Waals surface area contributed by atoms with Crippen molar-refractivity contribution < 1.29 is 26.2 Å². The largest absolute Gasteiger partial charge is 0.507 e. The molecule has 0 saturated carbocycles. The molecule has 4 nitrogen and oxygen atoms in total. The molecule has 8 aromatic rings. The van der Waals surface area contributed by atoms with E-state index in [-0.39, 0.29) is 43.1 Å². The van der Waals surface area contributed by atoms with Crippen LogP contribution < -0.4 is 0 Å². The number of phenols is 1. The molecule has 0 spiro atoms. The van der Waals surface area contributed by atoms with Gasteiger partial charge in [0.25, 0.3) is 0 Å². The van der Waals surface area contributed by atoms with Crippen molar-refractivity contribution in [3.8, 4) is 56.2 Å². The summed E-state index contributed by atoms with van der Waals surface area (Å²) in [5.74, 6) is 0.883. The van der Waals surface area contributed by atoms with Crippen LogP contribution in [0.4, 0.5) is 0 Å². The summed E-state index contributed by atoms with van der Waals surface area (Å²) in [4.78, 5) is 10.5. The van der Waals surface area contributed by atoms with Gasteiger partial charge in [-0.15, -0.1) is 34.9 Å². The van der Waals surface area contributed by atoms with Crippen molar-refractivity contribution in [1.82, 2.24) is 14.5 Å². The van der Waals surface area contributed by atoms with Crippen LogP contribution in [0.3, 0.4) is 0 Å². The molecule has 0 aliphatic heterocycles. The Morgan fingerprint density at radius 1 is 0.574 bits per heavy atom. The number of hydrogen-bond donors (Lipinski definition) is 1. The maximum absolute atomic E-state index is 11.7. The fourth-order valence-electron chi connectivity index (χ4n) is 8.72. The molecule has 0 fully saturated rings. The SMILES string of the molecule is Cc1cc(C)c(-c2cc(-c3[c-]c(-c4cc(C(C)(C)C)cc5cccnc45)c(C)cc3)c3nc(-c4cc(C(C)(C)C)ccc4O)n(-c4ccc(C(C)(C)C)cc4)c3c2)c(C)c1.[Pt]. The number of benzene rings is 6. The minimum absolute atomic E-state index is 0. The third-order valence-electron chi connectivity index (χ3n) is 12.1. The summed E-state index contributed by atoms with van der Waals surface area (Å²) in [6.07, 6.45) is 1.88. The van der Waals surface area contributed by atoms with Gasteiger partial charge in [-0.05, 0) is 118 Å². The molecule has 0 atom stereocenters. The number of nitrogens with zero attached hydrogens (tertiary/aromatic N) is 3. The normalized spacial score (nSPS) is 12.3. The van der Waals surface area contributed by atoms with Gasteiger partial charge in [-0.25, -0.2) is 4.98 Å². The number of phenolic OH excluding ortho intramolecular Hbond substituents is 1. The Bertz CT molecular complexity index is 2940. The molecule has 6 aromatic carbocycles. The van der Waals surface area contributed by atoms with Crippen LogP contribution in [0.5, 0.6) is 5.75 Å². The molecule has 1 N–H and O–H groups in total. The molecule has 0 aliphatic rings. The van der Waals surface area contributed by atoms with Crippen LogP contribution in [0.1, 0.15) is 101 Å². The van der Waals surface area contributed by atoms with Gasteiger partial charge in [-0.2, -0.15) is 0 Å². The zero-order valence-corrected chi connectivity index (χ0v) is 40.3. The summed E-state index contributed by atoms with van der Waals surface area (Å²) in [7, 11) is 0. The molecule has 0 saturated heterocycles. The van der Waals surface area contributed by atoms with E-state index in [9.17, 15) is 5.11 Å². The number of pyridine rings is 1. The Morgan fingerprint density at radius 2 is 1.20 bits per heavy atom. The molecule has 5 heteroatoms. The summed E-state index contributed by atoms with van der Waals surface area (Å²) >= 11 is 0. The van der Waals surface area contributed by atoms with E-state index in [0.29, 0.717) is 11.4 Å². The van der Waals surface area contributed by atoms with Crippen molar-refractivity contribution in [3.05, 3.63) is 154 Å². The fourth-order valence-corrected chi connectivity index (χ4v) is 8.72. The molecule has 2 aromatic heterocycles. The van der Waals surface area contributed by atoms with Gasteiger partial charge in [0.2, 0.25) is 0 Å². The second kappa shape index (κ2) is 15.9. The Hall–Kier alpha value is -5.31. The topological polar surface area (TPSA) is 50.9 Å². The van der Waals surface area contributed by atoms with E-state index in [1.54, 1.807) is 0 Å². The predicted octanol–water partition coefficient (Wildman–Crippen LogP) is 14.9. The van der Waals surface area contributed by atoms with Crippen LogP contribution in [0.25, 0.3) is 72.4 Å². The minimum atomic E-state index is -0.136. The second-order valence-corrected chi connectivity index (χ2v) is 20.0. The summed E-state index contributed by atoms with van der Waals surface area (Å²) < 4.78 is 2.24.